The molecule has 2 aliphatic carbocycles. The molecule has 15 nitrogen and oxygen atoms in total. The lowest BCUT2D eigenvalue weighted by Gasteiger charge is -2.32. The van der Waals surface area contributed by atoms with Crippen LogP contribution in [0, 0.1) is 17.8 Å². The molecule has 0 spiro atoms. The second-order valence-electron chi connectivity index (χ2n) is 15.3. The number of sulfonamides is 1. The van der Waals surface area contributed by atoms with Gasteiger partial charge in [-0.3, -0.25) is 19.1 Å². The van der Waals surface area contributed by atoms with Crippen LogP contribution in [-0.4, -0.2) is 93.8 Å². The standard InChI is InChI=1S/C36H45F3N6O9S/c1-5-53-22-10-11-24-25(15-22)41-30(28(40-24)36(37,38)39)54-23-16-26-29(46)43-35(32(48)44-55(51,52)34(4)12-13-34)17-21(35)9-7-6-8-19(2)14-20(3)27(42-33(49)50)31(47)45(26)18-23/h7,9-11,15,19-21,23,26-27,42H,5-6,8,12-14,16-18H2,1-4H3,(H,43,46)(H,44,48)(H,49,50)/t19-,20-,21-,23-,26+,27+,35-/m1/s1. The van der Waals surface area contributed by atoms with Crippen molar-refractivity contribution in [3.63, 3.8) is 0 Å². The molecule has 4 amide bonds. The number of fused-ring (bicyclic) bond motifs is 3. The van der Waals surface area contributed by atoms with Crippen molar-refractivity contribution in [2.45, 2.75) is 107 Å². The number of halogens is 3. The van der Waals surface area contributed by atoms with Crippen molar-refractivity contribution in [1.82, 2.24) is 30.2 Å². The van der Waals surface area contributed by atoms with Crippen LogP contribution in [0.1, 0.15) is 78.3 Å². The van der Waals surface area contributed by atoms with Crippen molar-refractivity contribution < 1.29 is 55.3 Å². The van der Waals surface area contributed by atoms with Crippen molar-refractivity contribution in [3.05, 3.63) is 36.0 Å². The summed E-state index contributed by atoms with van der Waals surface area (Å²) in [5, 5.41) is 14.7. The Bertz CT molecular complexity index is 2010. The summed E-state index contributed by atoms with van der Waals surface area (Å²) in [5.74, 6) is -4.40. The van der Waals surface area contributed by atoms with Gasteiger partial charge in [-0.1, -0.05) is 26.0 Å². The minimum atomic E-state index is -5.01. The molecule has 6 rings (SSSR count). The fourth-order valence-corrected chi connectivity index (χ4v) is 8.74. The quantitative estimate of drug-likeness (QED) is 0.282. The third kappa shape index (κ3) is 8.30. The SMILES string of the molecule is CCOc1ccc2nc(C(F)(F)F)c(O[C@@H]3C[C@H]4C(=O)N[C@]5(C(=O)NS(=O)(=O)C6(C)CC6)C[C@H]5C=CCC[C@@H](C)C[C@@H](C)[C@H](NC(=O)O)C(=O)N4C3)nc2c1. The first-order valence-corrected chi connectivity index (χ1v) is 19.8. The van der Waals surface area contributed by atoms with Crippen molar-refractivity contribution in [1.29, 1.82) is 0 Å². The molecule has 3 heterocycles. The Morgan fingerprint density at radius 3 is 2.51 bits per heavy atom. The number of rotatable bonds is 8. The highest BCUT2D eigenvalue weighted by molar-refractivity contribution is 7.91. The van der Waals surface area contributed by atoms with Gasteiger partial charge in [-0.05, 0) is 76.3 Å². The van der Waals surface area contributed by atoms with Crippen LogP contribution in [-0.2, 0) is 30.6 Å². The van der Waals surface area contributed by atoms with E-state index in [0.29, 0.717) is 37.9 Å². The van der Waals surface area contributed by atoms with Crippen LogP contribution in [0.15, 0.2) is 30.4 Å². The lowest BCUT2D eigenvalue weighted by atomic mass is 9.88. The lowest BCUT2D eigenvalue weighted by Crippen LogP contribution is -2.59. The molecule has 4 aliphatic rings. The molecule has 0 bridgehead atoms. The number of nitrogens with one attached hydrogen (secondary N) is 3. The predicted molar refractivity (Wildman–Crippen MR) is 190 cm³/mol. The summed E-state index contributed by atoms with van der Waals surface area (Å²) in [6.07, 6.45) is -2.22. The first-order valence-electron chi connectivity index (χ1n) is 18.3. The average molecular weight is 795 g/mol. The molecule has 19 heteroatoms. The maximum Gasteiger partial charge on any atom is 0.438 e. The van der Waals surface area contributed by atoms with Crippen LogP contribution in [0.4, 0.5) is 18.0 Å². The van der Waals surface area contributed by atoms with Crippen LogP contribution < -0.4 is 24.8 Å². The van der Waals surface area contributed by atoms with Crippen molar-refractivity contribution in [2.75, 3.05) is 13.2 Å². The number of ether oxygens (including phenoxy) is 2. The van der Waals surface area contributed by atoms with E-state index in [1.165, 1.54) is 25.1 Å². The zero-order chi connectivity index (χ0) is 40.1. The summed E-state index contributed by atoms with van der Waals surface area (Å²) < 4.78 is 81.6. The van der Waals surface area contributed by atoms with Crippen molar-refractivity contribution in [2.24, 2.45) is 17.8 Å². The van der Waals surface area contributed by atoms with Gasteiger partial charge in [0.2, 0.25) is 33.4 Å². The Hall–Kier alpha value is -4.68. The highest BCUT2D eigenvalue weighted by Crippen LogP contribution is 2.48. The first kappa shape index (κ1) is 40.0. The highest BCUT2D eigenvalue weighted by atomic mass is 32.2. The Morgan fingerprint density at radius 2 is 1.85 bits per heavy atom. The van der Waals surface area contributed by atoms with Gasteiger partial charge in [0.15, 0.2) is 0 Å². The number of amides is 4. The van der Waals surface area contributed by atoms with Crippen LogP contribution in [0.5, 0.6) is 11.6 Å². The predicted octanol–water partition coefficient (Wildman–Crippen LogP) is 3.92. The molecular formula is C36H45F3N6O9S. The Balaban J connectivity index is 1.37. The Kier molecular flexibility index (Phi) is 10.7. The molecule has 2 aromatic rings. The van der Waals surface area contributed by atoms with Gasteiger partial charge in [0.1, 0.15) is 29.5 Å². The molecule has 4 N–H and O–H groups in total. The second-order valence-corrected chi connectivity index (χ2v) is 17.5. The number of hydrogen-bond donors (Lipinski definition) is 4. The molecule has 1 aromatic carbocycles. The summed E-state index contributed by atoms with van der Waals surface area (Å²) in [5.41, 5.74) is -3.20. The van der Waals surface area contributed by atoms with Crippen molar-refractivity contribution >= 4 is 44.9 Å². The van der Waals surface area contributed by atoms with E-state index in [2.05, 4.69) is 25.3 Å². The zero-order valence-corrected chi connectivity index (χ0v) is 31.6. The summed E-state index contributed by atoms with van der Waals surface area (Å²) >= 11 is 0. The van der Waals surface area contributed by atoms with E-state index in [9.17, 15) is 45.9 Å². The maximum absolute atomic E-state index is 14.4. The topological polar surface area (TPSA) is 206 Å². The molecule has 300 valence electrons. The number of allylic oxidation sites excluding steroid dienone is 1. The molecule has 0 radical (unpaired) electrons. The molecule has 1 saturated heterocycles. The fraction of sp³-hybridized carbons (Fsp3) is 0.611. The summed E-state index contributed by atoms with van der Waals surface area (Å²) in [4.78, 5) is 63.3. The van der Waals surface area contributed by atoms with Gasteiger partial charge in [-0.2, -0.15) is 13.2 Å². The van der Waals surface area contributed by atoms with Gasteiger partial charge in [0, 0.05) is 18.4 Å². The zero-order valence-electron chi connectivity index (χ0n) is 30.8. The number of carbonyl (C=O) groups is 4. The van der Waals surface area contributed by atoms with Gasteiger partial charge < -0.3 is 30.1 Å². The molecule has 7 atom stereocenters. The Morgan fingerprint density at radius 1 is 1.13 bits per heavy atom. The van der Waals surface area contributed by atoms with E-state index < -0.39 is 98.4 Å². The maximum atomic E-state index is 14.4. The molecule has 55 heavy (non-hydrogen) atoms. The smallest absolute Gasteiger partial charge is 0.438 e. The molecule has 2 saturated carbocycles. The molecule has 3 fully saturated rings. The molecular weight excluding hydrogens is 749 g/mol. The number of benzene rings is 1. The van der Waals surface area contributed by atoms with Crippen LogP contribution in [0.2, 0.25) is 0 Å². The third-order valence-corrected chi connectivity index (χ3v) is 13.1. The second kappa shape index (κ2) is 14.8. The largest absolute Gasteiger partial charge is 0.494 e. The Labute approximate surface area is 315 Å². The molecule has 0 unspecified atom stereocenters. The monoisotopic (exact) mass is 794 g/mol. The summed E-state index contributed by atoms with van der Waals surface area (Å²) in [6.45, 7) is 6.69. The minimum absolute atomic E-state index is 0.00749. The van der Waals surface area contributed by atoms with E-state index in [-0.39, 0.29) is 36.4 Å². The van der Waals surface area contributed by atoms with Crippen molar-refractivity contribution in [3.8, 4) is 11.6 Å². The highest BCUT2D eigenvalue weighted by Gasteiger charge is 2.63. The van der Waals surface area contributed by atoms with E-state index in [1.54, 1.807) is 19.9 Å². The van der Waals surface area contributed by atoms with Crippen LogP contribution in [0.3, 0.4) is 0 Å². The van der Waals surface area contributed by atoms with E-state index in [1.807, 2.05) is 13.0 Å². The number of aromatic nitrogens is 2. The van der Waals surface area contributed by atoms with Gasteiger partial charge in [-0.25, -0.2) is 23.2 Å². The number of carboxylic acid groups (broad SMARTS) is 1. The van der Waals surface area contributed by atoms with Gasteiger partial charge in [0.05, 0.1) is 28.9 Å². The third-order valence-electron chi connectivity index (χ3n) is 11.0. The summed E-state index contributed by atoms with van der Waals surface area (Å²) in [6, 6.07) is 1.35. The fourth-order valence-electron chi connectivity index (χ4n) is 7.43. The van der Waals surface area contributed by atoms with E-state index in [0.717, 1.165) is 4.90 Å². The lowest BCUT2D eigenvalue weighted by molar-refractivity contribution is -0.143. The first-order chi connectivity index (χ1) is 25.8. The van der Waals surface area contributed by atoms with E-state index >= 15 is 0 Å². The normalized spacial score (nSPS) is 29.5. The van der Waals surface area contributed by atoms with Crippen LogP contribution in [0.25, 0.3) is 11.0 Å². The van der Waals surface area contributed by atoms with Gasteiger partial charge in [-0.15, -0.1) is 0 Å². The minimum Gasteiger partial charge on any atom is -0.494 e. The van der Waals surface area contributed by atoms with Gasteiger partial charge >= 0.3 is 12.3 Å². The number of alkyl halides is 3. The number of hydrogen-bond acceptors (Lipinski definition) is 10. The van der Waals surface area contributed by atoms with E-state index in [4.69, 9.17) is 9.47 Å². The summed E-state index contributed by atoms with van der Waals surface area (Å²) in [7, 11) is -4.11. The van der Waals surface area contributed by atoms with Crippen LogP contribution >= 0.6 is 0 Å². The van der Waals surface area contributed by atoms with Gasteiger partial charge in [0.25, 0.3) is 5.91 Å². The number of nitrogens with zero attached hydrogens (tertiary/aromatic N) is 3. The number of carbonyl (C=O) groups excluding carboxylic acids is 3. The molecule has 2 aliphatic heterocycles. The average Bonchev–Trinajstić information content (AvgIpc) is 3.98. The molecule has 1 aromatic heterocycles.